The molecule has 2 unspecified atom stereocenters. The van der Waals surface area contributed by atoms with Gasteiger partial charge < -0.3 is 19.8 Å². The molecule has 0 bridgehead atoms. The van der Waals surface area contributed by atoms with Crippen LogP contribution in [0.15, 0.2) is 34.7 Å². The quantitative estimate of drug-likeness (QED) is 0.941. The molecule has 5 nitrogen and oxygen atoms in total. The summed E-state index contributed by atoms with van der Waals surface area (Å²) in [6, 6.07) is 9.43. The highest BCUT2D eigenvalue weighted by atomic mass is 35.5. The lowest BCUT2D eigenvalue weighted by Crippen LogP contribution is -2.51. The third-order valence-electron chi connectivity index (χ3n) is 4.17. The van der Waals surface area contributed by atoms with Crippen molar-refractivity contribution in [1.29, 1.82) is 0 Å². The van der Waals surface area contributed by atoms with Crippen molar-refractivity contribution in [2.45, 2.75) is 25.0 Å². The Kier molecular flexibility index (Phi) is 5.45. The van der Waals surface area contributed by atoms with E-state index >= 15 is 0 Å². The number of nitrogens with zero attached hydrogens (tertiary/aromatic N) is 1. The number of para-hydroxylation sites is 1. The average Bonchev–Trinajstić information content (AvgIpc) is 2.97. The van der Waals surface area contributed by atoms with E-state index in [0.29, 0.717) is 18.8 Å². The number of rotatable bonds is 3. The van der Waals surface area contributed by atoms with Crippen molar-refractivity contribution in [3.05, 3.63) is 36.1 Å². The fourth-order valence-corrected chi connectivity index (χ4v) is 2.95. The van der Waals surface area contributed by atoms with Crippen LogP contribution >= 0.6 is 12.4 Å². The van der Waals surface area contributed by atoms with Gasteiger partial charge in [-0.1, -0.05) is 18.2 Å². The van der Waals surface area contributed by atoms with Crippen LogP contribution in [0, 0.1) is 0 Å². The van der Waals surface area contributed by atoms with Crippen molar-refractivity contribution < 1.29 is 13.9 Å². The van der Waals surface area contributed by atoms with Gasteiger partial charge in [0.05, 0.1) is 6.10 Å². The Balaban J connectivity index is 0.00000176. The monoisotopic (exact) mass is 324 g/mol. The smallest absolute Gasteiger partial charge is 0.289 e. The maximum Gasteiger partial charge on any atom is 0.289 e. The summed E-state index contributed by atoms with van der Waals surface area (Å²) in [7, 11) is 1.70. The van der Waals surface area contributed by atoms with E-state index in [2.05, 4.69) is 0 Å². The molecule has 2 heterocycles. The molecular formula is C16H21ClN2O3. The van der Waals surface area contributed by atoms with E-state index in [-0.39, 0.29) is 30.5 Å². The predicted molar refractivity (Wildman–Crippen MR) is 87.4 cm³/mol. The highest BCUT2D eigenvalue weighted by Gasteiger charge is 2.32. The summed E-state index contributed by atoms with van der Waals surface area (Å²) in [4.78, 5) is 14.5. The van der Waals surface area contributed by atoms with Gasteiger partial charge in [-0.15, -0.1) is 12.4 Å². The van der Waals surface area contributed by atoms with Gasteiger partial charge in [0, 0.05) is 31.6 Å². The maximum absolute atomic E-state index is 12.7. The van der Waals surface area contributed by atoms with Gasteiger partial charge in [-0.25, -0.2) is 0 Å². The first-order chi connectivity index (χ1) is 10.2. The number of fused-ring (bicyclic) bond motifs is 1. The minimum Gasteiger partial charge on any atom is -0.451 e. The predicted octanol–water partition coefficient (Wildman–Crippen LogP) is 2.43. The van der Waals surface area contributed by atoms with Gasteiger partial charge in [0.2, 0.25) is 0 Å². The van der Waals surface area contributed by atoms with Crippen molar-refractivity contribution in [3.8, 4) is 0 Å². The molecule has 0 aliphatic carbocycles. The minimum atomic E-state index is -0.0868. The van der Waals surface area contributed by atoms with E-state index in [9.17, 15) is 4.79 Å². The molecule has 3 rings (SSSR count). The molecule has 0 saturated carbocycles. The molecule has 1 aromatic carbocycles. The fourth-order valence-electron chi connectivity index (χ4n) is 2.95. The van der Waals surface area contributed by atoms with Gasteiger partial charge in [-0.05, 0) is 25.0 Å². The van der Waals surface area contributed by atoms with Crippen LogP contribution in [0.2, 0.25) is 0 Å². The number of carbonyl (C=O) groups excluding carboxylic acids is 1. The highest BCUT2D eigenvalue weighted by molar-refractivity contribution is 5.96. The third kappa shape index (κ3) is 3.11. The van der Waals surface area contributed by atoms with Crippen LogP contribution in [0.4, 0.5) is 0 Å². The summed E-state index contributed by atoms with van der Waals surface area (Å²) in [5, 5.41) is 0.942. The van der Waals surface area contributed by atoms with E-state index in [0.717, 1.165) is 23.8 Å². The summed E-state index contributed by atoms with van der Waals surface area (Å²) in [6.45, 7) is 1.09. The molecule has 1 aliphatic rings. The number of benzene rings is 1. The summed E-state index contributed by atoms with van der Waals surface area (Å²) in [5.74, 6) is 0.293. The van der Waals surface area contributed by atoms with Crippen molar-refractivity contribution in [2.75, 3.05) is 20.2 Å². The lowest BCUT2D eigenvalue weighted by molar-refractivity contribution is 0.0125. The molecule has 1 amide bonds. The van der Waals surface area contributed by atoms with Crippen LogP contribution < -0.4 is 5.73 Å². The van der Waals surface area contributed by atoms with Gasteiger partial charge >= 0.3 is 0 Å². The molecule has 1 aliphatic heterocycles. The lowest BCUT2D eigenvalue weighted by atomic mass is 9.99. The van der Waals surface area contributed by atoms with Crippen molar-refractivity contribution in [3.63, 3.8) is 0 Å². The lowest BCUT2D eigenvalue weighted by Gasteiger charge is -2.37. The Bertz CT molecular complexity index is 610. The van der Waals surface area contributed by atoms with Crippen LogP contribution in [0.3, 0.4) is 0 Å². The Morgan fingerprint density at radius 1 is 1.45 bits per heavy atom. The minimum absolute atomic E-state index is 0. The molecule has 120 valence electrons. The number of piperidine rings is 1. The molecular weight excluding hydrogens is 304 g/mol. The number of methoxy groups -OCH3 is 1. The standard InChI is InChI=1S/C16H20N2O3.ClH/c1-20-13-6-7-18(12(9-13)10-17)16(19)15-8-11-4-2-3-5-14(11)21-15;/h2-5,8,12-13H,6-7,9-10,17H2,1H3;1H. The van der Waals surface area contributed by atoms with Crippen molar-refractivity contribution >= 4 is 29.3 Å². The molecule has 0 spiro atoms. The zero-order chi connectivity index (χ0) is 14.8. The van der Waals surface area contributed by atoms with E-state index in [1.807, 2.05) is 29.2 Å². The molecule has 6 heteroatoms. The topological polar surface area (TPSA) is 68.7 Å². The first-order valence-corrected chi connectivity index (χ1v) is 7.25. The van der Waals surface area contributed by atoms with Crippen LogP contribution in [-0.2, 0) is 4.74 Å². The summed E-state index contributed by atoms with van der Waals surface area (Å²) >= 11 is 0. The number of halogens is 1. The number of ether oxygens (including phenoxy) is 1. The fraction of sp³-hybridized carbons (Fsp3) is 0.438. The average molecular weight is 325 g/mol. The van der Waals surface area contributed by atoms with Gasteiger partial charge in [0.25, 0.3) is 5.91 Å². The van der Waals surface area contributed by atoms with E-state index in [4.69, 9.17) is 14.9 Å². The van der Waals surface area contributed by atoms with Crippen LogP contribution in [-0.4, -0.2) is 43.2 Å². The highest BCUT2D eigenvalue weighted by Crippen LogP contribution is 2.24. The SMILES string of the molecule is COC1CCN(C(=O)c2cc3ccccc3o2)C(CN)C1.Cl. The van der Waals surface area contributed by atoms with Crippen LogP contribution in [0.5, 0.6) is 0 Å². The number of carbonyl (C=O) groups is 1. The second-order valence-corrected chi connectivity index (χ2v) is 5.42. The molecule has 1 fully saturated rings. The molecule has 0 radical (unpaired) electrons. The largest absolute Gasteiger partial charge is 0.451 e. The number of hydrogen-bond donors (Lipinski definition) is 1. The van der Waals surface area contributed by atoms with Crippen molar-refractivity contribution in [1.82, 2.24) is 4.90 Å². The first kappa shape index (κ1) is 16.8. The van der Waals surface area contributed by atoms with Gasteiger partial charge in [0.1, 0.15) is 5.58 Å². The molecule has 22 heavy (non-hydrogen) atoms. The zero-order valence-corrected chi connectivity index (χ0v) is 13.3. The van der Waals surface area contributed by atoms with Crippen molar-refractivity contribution in [2.24, 2.45) is 5.73 Å². The van der Waals surface area contributed by atoms with E-state index < -0.39 is 0 Å². The van der Waals surface area contributed by atoms with Gasteiger partial charge in [-0.3, -0.25) is 4.79 Å². The number of hydrogen-bond acceptors (Lipinski definition) is 4. The molecule has 2 atom stereocenters. The van der Waals surface area contributed by atoms with E-state index in [1.54, 1.807) is 13.2 Å². The Morgan fingerprint density at radius 3 is 2.91 bits per heavy atom. The summed E-state index contributed by atoms with van der Waals surface area (Å²) < 4.78 is 11.1. The zero-order valence-electron chi connectivity index (χ0n) is 12.5. The molecule has 1 saturated heterocycles. The van der Waals surface area contributed by atoms with Crippen LogP contribution in [0.1, 0.15) is 23.4 Å². The van der Waals surface area contributed by atoms with E-state index in [1.165, 1.54) is 0 Å². The second kappa shape index (κ2) is 7.13. The van der Waals surface area contributed by atoms with Gasteiger partial charge in [-0.2, -0.15) is 0 Å². The molecule has 2 aromatic rings. The Hall–Kier alpha value is -1.56. The number of likely N-dealkylation sites (tertiary alicyclic amines) is 1. The number of furan rings is 1. The van der Waals surface area contributed by atoms with Gasteiger partial charge in [0.15, 0.2) is 5.76 Å². The Morgan fingerprint density at radius 2 is 2.23 bits per heavy atom. The van der Waals surface area contributed by atoms with Crippen LogP contribution in [0.25, 0.3) is 11.0 Å². The molecule has 1 aromatic heterocycles. The number of amides is 1. The summed E-state index contributed by atoms with van der Waals surface area (Å²) in [5.41, 5.74) is 6.55. The second-order valence-electron chi connectivity index (χ2n) is 5.42. The summed E-state index contributed by atoms with van der Waals surface area (Å²) in [6.07, 6.45) is 1.79. The maximum atomic E-state index is 12.7. The molecule has 2 N–H and O–H groups in total. The third-order valence-corrected chi connectivity index (χ3v) is 4.17. The first-order valence-electron chi connectivity index (χ1n) is 7.25. The Labute approximate surface area is 135 Å². The normalized spacial score (nSPS) is 21.6. The number of nitrogens with two attached hydrogens (primary N) is 1.